The molecule has 1 aromatic heterocycles. The minimum absolute atomic E-state index is 0.0877. The molecule has 0 amide bonds. The second kappa shape index (κ2) is 7.70. The number of thiazole rings is 1. The smallest absolute Gasteiger partial charge is 0.125 e. The number of aromatic nitrogens is 1. The van der Waals surface area contributed by atoms with Crippen molar-refractivity contribution in [3.05, 3.63) is 15.6 Å². The molecular formula is C17H30N2OS. The molecule has 1 aromatic rings. The summed E-state index contributed by atoms with van der Waals surface area (Å²) in [6, 6.07) is 0. The quantitative estimate of drug-likeness (QED) is 0.779. The second-order valence-corrected chi connectivity index (χ2v) is 7.49. The zero-order chi connectivity index (χ0) is 15.3. The van der Waals surface area contributed by atoms with E-state index in [1.165, 1.54) is 28.4 Å². The third-order valence-electron chi connectivity index (χ3n) is 4.14. The van der Waals surface area contributed by atoms with Crippen molar-refractivity contribution in [1.82, 2.24) is 10.3 Å². The Balaban J connectivity index is 2.27. The third kappa shape index (κ3) is 4.05. The number of nitrogens with one attached hydrogen (secondary N) is 1. The standard InChI is InChI=1S/C17H30N2OS/c1-5-18-12-15-14(11-13(3)4)19-16(21-15)17(20-6-2)9-7-8-10-17/h13,18H,5-12H2,1-4H3. The second-order valence-electron chi connectivity index (χ2n) is 6.40. The predicted molar refractivity (Wildman–Crippen MR) is 89.8 cm³/mol. The molecule has 0 bridgehead atoms. The van der Waals surface area contributed by atoms with Crippen molar-refractivity contribution in [3.8, 4) is 0 Å². The molecule has 0 atom stereocenters. The van der Waals surface area contributed by atoms with Gasteiger partial charge < -0.3 is 10.1 Å². The van der Waals surface area contributed by atoms with Gasteiger partial charge >= 0.3 is 0 Å². The van der Waals surface area contributed by atoms with Crippen molar-refractivity contribution < 1.29 is 4.74 Å². The Bertz CT molecular complexity index is 436. The van der Waals surface area contributed by atoms with Crippen molar-refractivity contribution in [2.75, 3.05) is 13.2 Å². The van der Waals surface area contributed by atoms with Crippen molar-refractivity contribution in [1.29, 1.82) is 0 Å². The summed E-state index contributed by atoms with van der Waals surface area (Å²) >= 11 is 1.88. The van der Waals surface area contributed by atoms with Crippen LogP contribution in [0, 0.1) is 5.92 Å². The van der Waals surface area contributed by atoms with Crippen molar-refractivity contribution >= 4 is 11.3 Å². The Morgan fingerprint density at radius 3 is 2.57 bits per heavy atom. The first-order valence-corrected chi connectivity index (χ1v) is 9.26. The van der Waals surface area contributed by atoms with Crippen LogP contribution < -0.4 is 5.32 Å². The number of rotatable bonds is 8. The van der Waals surface area contributed by atoms with Crippen LogP contribution in [0.15, 0.2) is 0 Å². The fourth-order valence-corrected chi connectivity index (χ4v) is 4.40. The van der Waals surface area contributed by atoms with E-state index in [1.807, 2.05) is 11.3 Å². The molecule has 0 radical (unpaired) electrons. The van der Waals surface area contributed by atoms with E-state index < -0.39 is 0 Å². The van der Waals surface area contributed by atoms with Gasteiger partial charge in [-0.25, -0.2) is 4.98 Å². The molecule has 3 nitrogen and oxygen atoms in total. The summed E-state index contributed by atoms with van der Waals surface area (Å²) in [6.45, 7) is 11.5. The van der Waals surface area contributed by atoms with Crippen molar-refractivity contribution in [2.45, 2.75) is 71.9 Å². The molecule has 1 aliphatic rings. The largest absolute Gasteiger partial charge is 0.368 e. The third-order valence-corrected chi connectivity index (χ3v) is 5.42. The number of ether oxygens (including phenoxy) is 1. The molecule has 1 heterocycles. The number of nitrogens with zero attached hydrogens (tertiary/aromatic N) is 1. The minimum Gasteiger partial charge on any atom is -0.368 e. The monoisotopic (exact) mass is 310 g/mol. The first-order valence-electron chi connectivity index (χ1n) is 8.45. The van der Waals surface area contributed by atoms with Gasteiger partial charge in [0.1, 0.15) is 10.6 Å². The molecule has 0 spiro atoms. The fraction of sp³-hybridized carbons (Fsp3) is 0.824. The van der Waals surface area contributed by atoms with Gasteiger partial charge in [-0.15, -0.1) is 11.3 Å². The van der Waals surface area contributed by atoms with E-state index in [-0.39, 0.29) is 5.60 Å². The summed E-state index contributed by atoms with van der Waals surface area (Å²) in [4.78, 5) is 6.44. The van der Waals surface area contributed by atoms with Gasteiger partial charge in [-0.1, -0.05) is 33.6 Å². The number of hydrogen-bond acceptors (Lipinski definition) is 4. The van der Waals surface area contributed by atoms with E-state index in [9.17, 15) is 0 Å². The Morgan fingerprint density at radius 2 is 2.00 bits per heavy atom. The Morgan fingerprint density at radius 1 is 1.29 bits per heavy atom. The zero-order valence-electron chi connectivity index (χ0n) is 14.0. The maximum absolute atomic E-state index is 6.18. The first kappa shape index (κ1) is 16.9. The average molecular weight is 311 g/mol. The molecule has 1 saturated carbocycles. The molecular weight excluding hydrogens is 280 g/mol. The highest BCUT2D eigenvalue weighted by atomic mass is 32.1. The van der Waals surface area contributed by atoms with Crippen LogP contribution in [-0.2, 0) is 23.3 Å². The van der Waals surface area contributed by atoms with Crippen LogP contribution in [-0.4, -0.2) is 18.1 Å². The molecule has 0 aliphatic heterocycles. The molecule has 0 aromatic carbocycles. The molecule has 21 heavy (non-hydrogen) atoms. The molecule has 0 unspecified atom stereocenters. The van der Waals surface area contributed by atoms with Gasteiger partial charge in [0.25, 0.3) is 0 Å². The summed E-state index contributed by atoms with van der Waals surface area (Å²) < 4.78 is 6.18. The van der Waals surface area contributed by atoms with Crippen LogP contribution in [0.2, 0.25) is 0 Å². The fourth-order valence-electron chi connectivity index (χ4n) is 3.14. The molecule has 0 saturated heterocycles. The van der Waals surface area contributed by atoms with Crippen molar-refractivity contribution in [3.63, 3.8) is 0 Å². The van der Waals surface area contributed by atoms with E-state index in [0.29, 0.717) is 5.92 Å². The number of hydrogen-bond donors (Lipinski definition) is 1. The lowest BCUT2D eigenvalue weighted by Gasteiger charge is -2.26. The van der Waals surface area contributed by atoms with Gasteiger partial charge in [-0.05, 0) is 38.6 Å². The normalized spacial score (nSPS) is 17.8. The summed E-state index contributed by atoms with van der Waals surface area (Å²) in [5.41, 5.74) is 1.20. The maximum atomic E-state index is 6.18. The molecule has 120 valence electrons. The molecule has 1 N–H and O–H groups in total. The molecule has 4 heteroatoms. The lowest BCUT2D eigenvalue weighted by Crippen LogP contribution is -2.26. The maximum Gasteiger partial charge on any atom is 0.125 e. The highest BCUT2D eigenvalue weighted by Crippen LogP contribution is 2.44. The van der Waals surface area contributed by atoms with Gasteiger partial charge in [-0.2, -0.15) is 0 Å². The van der Waals surface area contributed by atoms with E-state index in [2.05, 4.69) is 33.0 Å². The highest BCUT2D eigenvalue weighted by molar-refractivity contribution is 7.11. The van der Waals surface area contributed by atoms with Gasteiger partial charge in [-0.3, -0.25) is 0 Å². The van der Waals surface area contributed by atoms with Gasteiger partial charge in [0.05, 0.1) is 5.69 Å². The Hall–Kier alpha value is -0.450. The van der Waals surface area contributed by atoms with E-state index in [4.69, 9.17) is 9.72 Å². The Kier molecular flexibility index (Phi) is 6.20. The van der Waals surface area contributed by atoms with Crippen LogP contribution in [0.25, 0.3) is 0 Å². The SMILES string of the molecule is CCNCc1sc(C2(OCC)CCCC2)nc1CC(C)C. The molecule has 1 fully saturated rings. The first-order chi connectivity index (χ1) is 10.1. The average Bonchev–Trinajstić information content (AvgIpc) is 3.04. The van der Waals surface area contributed by atoms with Crippen LogP contribution >= 0.6 is 11.3 Å². The topological polar surface area (TPSA) is 34.1 Å². The van der Waals surface area contributed by atoms with E-state index in [0.717, 1.165) is 39.0 Å². The summed E-state index contributed by atoms with van der Waals surface area (Å²) in [5, 5.41) is 4.68. The van der Waals surface area contributed by atoms with Crippen LogP contribution in [0.1, 0.15) is 69.0 Å². The van der Waals surface area contributed by atoms with E-state index >= 15 is 0 Å². The zero-order valence-corrected chi connectivity index (χ0v) is 14.8. The van der Waals surface area contributed by atoms with Crippen molar-refractivity contribution in [2.24, 2.45) is 5.92 Å². The predicted octanol–water partition coefficient (Wildman–Crippen LogP) is 4.26. The Labute approximate surface area is 133 Å². The van der Waals surface area contributed by atoms with E-state index in [1.54, 1.807) is 0 Å². The van der Waals surface area contributed by atoms with Gasteiger partial charge in [0.2, 0.25) is 0 Å². The molecule has 1 aliphatic carbocycles. The van der Waals surface area contributed by atoms with Gasteiger partial charge in [0.15, 0.2) is 0 Å². The summed E-state index contributed by atoms with van der Waals surface area (Å²) in [7, 11) is 0. The lowest BCUT2D eigenvalue weighted by atomic mass is 10.0. The van der Waals surface area contributed by atoms with Crippen LogP contribution in [0.5, 0.6) is 0 Å². The lowest BCUT2D eigenvalue weighted by molar-refractivity contribution is -0.0392. The molecule has 2 rings (SSSR count). The van der Waals surface area contributed by atoms with Gasteiger partial charge in [0, 0.05) is 18.0 Å². The van der Waals surface area contributed by atoms with Crippen LogP contribution in [0.3, 0.4) is 0 Å². The summed E-state index contributed by atoms with van der Waals surface area (Å²) in [5.74, 6) is 0.645. The minimum atomic E-state index is -0.0877. The van der Waals surface area contributed by atoms with Crippen LogP contribution in [0.4, 0.5) is 0 Å². The summed E-state index contributed by atoms with van der Waals surface area (Å²) in [6.07, 6.45) is 5.87. The highest BCUT2D eigenvalue weighted by Gasteiger charge is 2.39.